The molecule has 22 heavy (non-hydrogen) atoms. The molecule has 0 bridgehead atoms. The van der Waals surface area contributed by atoms with Crippen LogP contribution in [0.3, 0.4) is 0 Å². The van der Waals surface area contributed by atoms with E-state index in [-0.39, 0.29) is 6.42 Å². The molecule has 0 fully saturated rings. The highest BCUT2D eigenvalue weighted by Gasteiger charge is 2.33. The standard InChI is InChI=1S/C16H19ClO5/c1-4-10(9-13(15(19)21-2)16(20)22-3)14(18)11-5-7-12(17)8-6-11/h4-8,10,13-14,18H,1,9H2,2-3H3/t10-,14+/m1/s1. The summed E-state index contributed by atoms with van der Waals surface area (Å²) in [4.78, 5) is 23.4. The van der Waals surface area contributed by atoms with Crippen LogP contribution in [0.25, 0.3) is 0 Å². The molecular formula is C16H19ClO5. The zero-order chi connectivity index (χ0) is 16.7. The number of methoxy groups -OCH3 is 2. The summed E-state index contributed by atoms with van der Waals surface area (Å²) < 4.78 is 9.22. The lowest BCUT2D eigenvalue weighted by Gasteiger charge is -2.23. The van der Waals surface area contributed by atoms with Crippen LogP contribution in [0.5, 0.6) is 0 Å². The number of halogens is 1. The van der Waals surface area contributed by atoms with E-state index in [9.17, 15) is 14.7 Å². The molecule has 0 aliphatic heterocycles. The minimum atomic E-state index is -1.11. The van der Waals surface area contributed by atoms with Crippen LogP contribution in [-0.2, 0) is 19.1 Å². The van der Waals surface area contributed by atoms with Gasteiger partial charge in [0.05, 0.1) is 20.3 Å². The lowest BCUT2D eigenvalue weighted by atomic mass is 9.87. The third kappa shape index (κ3) is 4.58. The van der Waals surface area contributed by atoms with Gasteiger partial charge in [0, 0.05) is 10.9 Å². The fourth-order valence-corrected chi connectivity index (χ4v) is 2.23. The zero-order valence-corrected chi connectivity index (χ0v) is 13.2. The molecule has 1 rings (SSSR count). The lowest BCUT2D eigenvalue weighted by molar-refractivity contribution is -0.159. The molecule has 120 valence electrons. The summed E-state index contributed by atoms with van der Waals surface area (Å²) in [5.74, 6) is -3.05. The van der Waals surface area contributed by atoms with Crippen LogP contribution in [-0.4, -0.2) is 31.3 Å². The van der Waals surface area contributed by atoms with E-state index in [0.29, 0.717) is 10.6 Å². The average molecular weight is 327 g/mol. The Morgan fingerprint density at radius 1 is 1.23 bits per heavy atom. The van der Waals surface area contributed by atoms with E-state index < -0.39 is 29.9 Å². The van der Waals surface area contributed by atoms with Gasteiger partial charge in [-0.2, -0.15) is 0 Å². The highest BCUT2D eigenvalue weighted by molar-refractivity contribution is 6.30. The first-order chi connectivity index (χ1) is 10.4. The van der Waals surface area contributed by atoms with Crippen LogP contribution in [0.2, 0.25) is 5.02 Å². The monoisotopic (exact) mass is 326 g/mol. The van der Waals surface area contributed by atoms with Crippen LogP contribution in [0.1, 0.15) is 18.1 Å². The number of hydrogen-bond donors (Lipinski definition) is 1. The van der Waals surface area contributed by atoms with Gasteiger partial charge in [-0.25, -0.2) is 0 Å². The van der Waals surface area contributed by atoms with Crippen molar-refractivity contribution in [1.29, 1.82) is 0 Å². The lowest BCUT2D eigenvalue weighted by Crippen LogP contribution is -2.29. The van der Waals surface area contributed by atoms with Crippen molar-refractivity contribution < 1.29 is 24.2 Å². The molecule has 6 heteroatoms. The highest BCUT2D eigenvalue weighted by Crippen LogP contribution is 2.30. The van der Waals surface area contributed by atoms with Crippen LogP contribution >= 0.6 is 11.6 Å². The van der Waals surface area contributed by atoms with Crippen LogP contribution < -0.4 is 0 Å². The van der Waals surface area contributed by atoms with Gasteiger partial charge in [0.25, 0.3) is 0 Å². The van der Waals surface area contributed by atoms with E-state index in [2.05, 4.69) is 16.1 Å². The van der Waals surface area contributed by atoms with Crippen LogP contribution in [0, 0.1) is 11.8 Å². The first-order valence-electron chi connectivity index (χ1n) is 6.66. The molecule has 0 aromatic heterocycles. The van der Waals surface area contributed by atoms with Crippen molar-refractivity contribution in [2.45, 2.75) is 12.5 Å². The molecule has 2 atom stereocenters. The molecule has 1 N–H and O–H groups in total. The predicted molar refractivity (Wildman–Crippen MR) is 82.2 cm³/mol. The second-order valence-corrected chi connectivity index (χ2v) is 5.17. The summed E-state index contributed by atoms with van der Waals surface area (Å²) in [6.45, 7) is 3.66. The summed E-state index contributed by atoms with van der Waals surface area (Å²) in [6, 6.07) is 6.65. The largest absolute Gasteiger partial charge is 0.468 e. The Bertz CT molecular complexity index is 510. The average Bonchev–Trinajstić information content (AvgIpc) is 2.54. The summed E-state index contributed by atoms with van der Waals surface area (Å²) >= 11 is 5.81. The first-order valence-corrected chi connectivity index (χ1v) is 7.04. The maximum Gasteiger partial charge on any atom is 0.320 e. The van der Waals surface area contributed by atoms with E-state index in [0.717, 1.165) is 0 Å². The van der Waals surface area contributed by atoms with Gasteiger partial charge < -0.3 is 14.6 Å². The van der Waals surface area contributed by atoms with Crippen LogP contribution in [0.15, 0.2) is 36.9 Å². The van der Waals surface area contributed by atoms with Gasteiger partial charge in [-0.15, -0.1) is 6.58 Å². The number of esters is 2. The number of aliphatic hydroxyl groups excluding tert-OH is 1. The Morgan fingerprint density at radius 2 is 1.73 bits per heavy atom. The number of carbonyl (C=O) groups is 2. The fourth-order valence-electron chi connectivity index (χ4n) is 2.11. The van der Waals surface area contributed by atoms with E-state index in [4.69, 9.17) is 11.6 Å². The van der Waals surface area contributed by atoms with Crippen molar-refractivity contribution >= 4 is 23.5 Å². The molecule has 0 saturated carbocycles. The summed E-state index contributed by atoms with van der Waals surface area (Å²) in [6.07, 6.45) is 0.608. The quantitative estimate of drug-likeness (QED) is 0.473. The summed E-state index contributed by atoms with van der Waals surface area (Å²) in [5, 5.41) is 11.0. The summed E-state index contributed by atoms with van der Waals surface area (Å²) in [5.41, 5.74) is 0.614. The number of carbonyl (C=O) groups excluding carboxylic acids is 2. The van der Waals surface area contributed by atoms with E-state index in [1.54, 1.807) is 24.3 Å². The topological polar surface area (TPSA) is 72.8 Å². The first kappa shape index (κ1) is 18.2. The number of aliphatic hydroxyl groups is 1. The number of ether oxygens (including phenoxy) is 2. The number of benzene rings is 1. The molecule has 5 nitrogen and oxygen atoms in total. The number of rotatable bonds is 7. The maximum atomic E-state index is 11.7. The van der Waals surface area contributed by atoms with Gasteiger partial charge in [0.15, 0.2) is 5.92 Å². The Labute approximate surface area is 134 Å². The van der Waals surface area contributed by atoms with Crippen molar-refractivity contribution in [3.05, 3.63) is 47.5 Å². The van der Waals surface area contributed by atoms with Gasteiger partial charge in [0.1, 0.15) is 0 Å². The molecule has 0 radical (unpaired) electrons. The fraction of sp³-hybridized carbons (Fsp3) is 0.375. The Hall–Kier alpha value is -1.85. The maximum absolute atomic E-state index is 11.7. The zero-order valence-electron chi connectivity index (χ0n) is 12.5. The van der Waals surface area contributed by atoms with Gasteiger partial charge >= 0.3 is 11.9 Å². The second kappa shape index (κ2) is 8.56. The van der Waals surface area contributed by atoms with Crippen molar-refractivity contribution in [1.82, 2.24) is 0 Å². The summed E-state index contributed by atoms with van der Waals surface area (Å²) in [7, 11) is 2.38. The van der Waals surface area contributed by atoms with Crippen molar-refractivity contribution in [3.8, 4) is 0 Å². The van der Waals surface area contributed by atoms with E-state index >= 15 is 0 Å². The molecule has 0 aliphatic carbocycles. The third-order valence-corrected chi connectivity index (χ3v) is 3.65. The van der Waals surface area contributed by atoms with Gasteiger partial charge in [-0.1, -0.05) is 29.8 Å². The molecular weight excluding hydrogens is 308 g/mol. The van der Waals surface area contributed by atoms with Gasteiger partial charge in [-0.05, 0) is 24.1 Å². The molecule has 0 amide bonds. The van der Waals surface area contributed by atoms with Crippen molar-refractivity contribution in [2.75, 3.05) is 14.2 Å². The van der Waals surface area contributed by atoms with Crippen molar-refractivity contribution in [3.63, 3.8) is 0 Å². The van der Waals surface area contributed by atoms with Crippen LogP contribution in [0.4, 0.5) is 0 Å². The normalized spacial score (nSPS) is 13.3. The Kier molecular flexibility index (Phi) is 7.08. The third-order valence-electron chi connectivity index (χ3n) is 3.40. The Balaban J connectivity index is 2.93. The molecule has 1 aromatic carbocycles. The van der Waals surface area contributed by atoms with E-state index in [1.807, 2.05) is 0 Å². The predicted octanol–water partition coefficient (Wildman–Crippen LogP) is 2.53. The SMILES string of the molecule is C=C[C@H](CC(C(=O)OC)C(=O)OC)[C@H](O)c1ccc(Cl)cc1. The van der Waals surface area contributed by atoms with Crippen molar-refractivity contribution in [2.24, 2.45) is 11.8 Å². The molecule has 0 aliphatic rings. The van der Waals surface area contributed by atoms with Gasteiger partial charge in [0.2, 0.25) is 0 Å². The number of hydrogen-bond acceptors (Lipinski definition) is 5. The minimum absolute atomic E-state index is 0.0344. The molecule has 0 unspecified atom stereocenters. The Morgan fingerprint density at radius 3 is 2.14 bits per heavy atom. The smallest absolute Gasteiger partial charge is 0.320 e. The minimum Gasteiger partial charge on any atom is -0.468 e. The molecule has 1 aromatic rings. The molecule has 0 spiro atoms. The molecule has 0 saturated heterocycles. The highest BCUT2D eigenvalue weighted by atomic mass is 35.5. The van der Waals surface area contributed by atoms with Gasteiger partial charge in [-0.3, -0.25) is 9.59 Å². The van der Waals surface area contributed by atoms with E-state index in [1.165, 1.54) is 20.3 Å². The molecule has 0 heterocycles. The second-order valence-electron chi connectivity index (χ2n) is 4.73.